The molecule has 1 aliphatic rings. The van der Waals surface area contributed by atoms with Crippen LogP contribution in [0.1, 0.15) is 35.9 Å². The Balaban J connectivity index is 1.39. The van der Waals surface area contributed by atoms with Crippen LogP contribution in [0.2, 0.25) is 0 Å². The molecular weight excluding hydrogens is 380 g/mol. The fraction of sp³-hybridized carbons (Fsp3) is 0.409. The molecular formula is C22H28N6O2. The van der Waals surface area contributed by atoms with E-state index in [0.717, 1.165) is 67.8 Å². The van der Waals surface area contributed by atoms with Crippen molar-refractivity contribution in [3.63, 3.8) is 0 Å². The number of aliphatic imine (C=N–C) groups is 1. The third-order valence-corrected chi connectivity index (χ3v) is 5.42. The number of rotatable bonds is 7. The van der Waals surface area contributed by atoms with Gasteiger partial charge in [-0.2, -0.15) is 5.10 Å². The molecule has 2 N–H and O–H groups in total. The molecule has 8 heteroatoms. The number of hydrogen-bond donors (Lipinski definition) is 2. The summed E-state index contributed by atoms with van der Waals surface area (Å²) in [7, 11) is 1.68. The van der Waals surface area contributed by atoms with Crippen LogP contribution in [0.25, 0.3) is 0 Å². The molecule has 0 amide bonds. The molecule has 0 spiro atoms. The molecule has 0 atom stereocenters. The molecule has 1 saturated heterocycles. The highest BCUT2D eigenvalue weighted by atomic mass is 16.5. The van der Waals surface area contributed by atoms with Gasteiger partial charge in [0.05, 0.1) is 19.9 Å². The molecule has 0 saturated carbocycles. The molecule has 158 valence electrons. The number of likely N-dealkylation sites (tertiary alicyclic amines) is 1. The lowest BCUT2D eigenvalue weighted by atomic mass is 9.96. The maximum Gasteiger partial charge on any atom is 0.194 e. The van der Waals surface area contributed by atoms with Crippen molar-refractivity contribution in [2.45, 2.75) is 31.7 Å². The summed E-state index contributed by atoms with van der Waals surface area (Å²) in [4.78, 5) is 11.6. The molecule has 8 nitrogen and oxygen atoms in total. The van der Waals surface area contributed by atoms with Crippen LogP contribution in [-0.4, -0.2) is 52.8 Å². The topological polar surface area (TPSA) is 91.6 Å². The van der Waals surface area contributed by atoms with Gasteiger partial charge in [-0.3, -0.25) is 5.10 Å². The number of guanidine groups is 1. The van der Waals surface area contributed by atoms with E-state index in [0.29, 0.717) is 12.5 Å². The van der Waals surface area contributed by atoms with Gasteiger partial charge < -0.3 is 19.4 Å². The van der Waals surface area contributed by atoms with Crippen molar-refractivity contribution in [3.05, 3.63) is 66.1 Å². The Hall–Kier alpha value is -3.29. The molecule has 0 aliphatic carbocycles. The number of furan rings is 1. The summed E-state index contributed by atoms with van der Waals surface area (Å²) in [6.07, 6.45) is 6.16. The molecule has 3 heterocycles. The standard InChI is InChI=1S/C22H28N6O2/c1-29-19-6-4-17(5-7-19)15-24-22(23-11-8-20-3-2-14-30-20)28-12-9-18(10-13-28)21-25-16-26-27-21/h2-7,14,16,18H,8-13,15H2,1H3,(H,23,24)(H,25,26,27). The normalized spacial score (nSPS) is 15.4. The quantitative estimate of drug-likeness (QED) is 0.461. The van der Waals surface area contributed by atoms with Gasteiger partial charge >= 0.3 is 0 Å². The Morgan fingerprint density at radius 2 is 2.10 bits per heavy atom. The first-order valence-corrected chi connectivity index (χ1v) is 10.4. The largest absolute Gasteiger partial charge is 0.497 e. The number of ether oxygens (including phenoxy) is 1. The van der Waals surface area contributed by atoms with Gasteiger partial charge in [-0.05, 0) is 42.7 Å². The van der Waals surface area contributed by atoms with E-state index in [9.17, 15) is 0 Å². The van der Waals surface area contributed by atoms with Crippen molar-refractivity contribution in [2.24, 2.45) is 4.99 Å². The summed E-state index contributed by atoms with van der Waals surface area (Å²) < 4.78 is 10.7. The molecule has 1 aliphatic heterocycles. The molecule has 0 unspecified atom stereocenters. The van der Waals surface area contributed by atoms with Crippen LogP contribution >= 0.6 is 0 Å². The first-order valence-electron chi connectivity index (χ1n) is 10.4. The average Bonchev–Trinajstić information content (AvgIpc) is 3.51. The lowest BCUT2D eigenvalue weighted by Crippen LogP contribution is -2.46. The number of aromatic nitrogens is 3. The molecule has 1 aromatic carbocycles. The first kappa shape index (κ1) is 20.0. The lowest BCUT2D eigenvalue weighted by molar-refractivity contribution is 0.298. The van der Waals surface area contributed by atoms with Crippen LogP contribution in [0.3, 0.4) is 0 Å². The third-order valence-electron chi connectivity index (χ3n) is 5.42. The SMILES string of the molecule is COc1ccc(CN=C(NCCc2ccco2)N2CCC(c3ncn[nH]3)CC2)cc1. The van der Waals surface area contributed by atoms with Crippen molar-refractivity contribution in [2.75, 3.05) is 26.7 Å². The number of benzene rings is 1. The second-order valence-electron chi connectivity index (χ2n) is 7.38. The average molecular weight is 409 g/mol. The van der Waals surface area contributed by atoms with Gasteiger partial charge in [0.1, 0.15) is 23.7 Å². The molecule has 0 radical (unpaired) electrons. The van der Waals surface area contributed by atoms with Gasteiger partial charge in [-0.1, -0.05) is 12.1 Å². The van der Waals surface area contributed by atoms with E-state index in [1.165, 1.54) is 0 Å². The molecule has 4 rings (SSSR count). The monoisotopic (exact) mass is 408 g/mol. The summed E-state index contributed by atoms with van der Waals surface area (Å²) in [5.41, 5.74) is 1.15. The van der Waals surface area contributed by atoms with E-state index in [4.69, 9.17) is 14.1 Å². The lowest BCUT2D eigenvalue weighted by Gasteiger charge is -2.33. The minimum atomic E-state index is 0.426. The molecule has 0 bridgehead atoms. The van der Waals surface area contributed by atoms with E-state index in [1.54, 1.807) is 19.7 Å². The summed E-state index contributed by atoms with van der Waals surface area (Å²) in [6.45, 7) is 3.26. The second kappa shape index (κ2) is 9.96. The Bertz CT molecular complexity index is 898. The van der Waals surface area contributed by atoms with Crippen LogP contribution in [0.4, 0.5) is 0 Å². The van der Waals surface area contributed by atoms with Gasteiger partial charge in [0, 0.05) is 32.0 Å². The maximum atomic E-state index is 5.45. The highest BCUT2D eigenvalue weighted by Crippen LogP contribution is 2.25. The maximum absolute atomic E-state index is 5.45. The Kier molecular flexibility index (Phi) is 6.64. The van der Waals surface area contributed by atoms with Crippen molar-refractivity contribution in [1.82, 2.24) is 25.4 Å². The molecule has 1 fully saturated rings. The van der Waals surface area contributed by atoms with Crippen LogP contribution in [0.5, 0.6) is 5.75 Å². The van der Waals surface area contributed by atoms with E-state index < -0.39 is 0 Å². The van der Waals surface area contributed by atoms with Crippen molar-refractivity contribution in [1.29, 1.82) is 0 Å². The minimum Gasteiger partial charge on any atom is -0.497 e. The molecule has 2 aromatic heterocycles. The zero-order valence-electron chi connectivity index (χ0n) is 17.3. The number of methoxy groups -OCH3 is 1. The number of H-pyrrole nitrogens is 1. The van der Waals surface area contributed by atoms with Gasteiger partial charge in [-0.15, -0.1) is 0 Å². The summed E-state index contributed by atoms with van der Waals surface area (Å²) in [5.74, 6) is 4.18. The number of nitrogens with one attached hydrogen (secondary N) is 2. The van der Waals surface area contributed by atoms with Crippen LogP contribution in [0.15, 0.2) is 58.4 Å². The van der Waals surface area contributed by atoms with E-state index in [-0.39, 0.29) is 0 Å². The Morgan fingerprint density at radius 1 is 1.27 bits per heavy atom. The number of nitrogens with zero attached hydrogens (tertiary/aromatic N) is 4. The van der Waals surface area contributed by atoms with E-state index in [2.05, 4.69) is 37.5 Å². The van der Waals surface area contributed by atoms with Gasteiger partial charge in [-0.25, -0.2) is 9.98 Å². The number of hydrogen-bond acceptors (Lipinski definition) is 5. The Labute approximate surface area is 176 Å². The first-order chi connectivity index (χ1) is 14.8. The predicted octanol–water partition coefficient (Wildman–Crippen LogP) is 2.97. The van der Waals surface area contributed by atoms with Gasteiger partial charge in [0.25, 0.3) is 0 Å². The Morgan fingerprint density at radius 3 is 2.77 bits per heavy atom. The van der Waals surface area contributed by atoms with Gasteiger partial charge in [0.15, 0.2) is 5.96 Å². The van der Waals surface area contributed by atoms with Crippen LogP contribution in [0, 0.1) is 0 Å². The van der Waals surface area contributed by atoms with Crippen molar-refractivity contribution in [3.8, 4) is 5.75 Å². The summed E-state index contributed by atoms with van der Waals surface area (Å²) >= 11 is 0. The van der Waals surface area contributed by atoms with Crippen molar-refractivity contribution < 1.29 is 9.15 Å². The molecule has 30 heavy (non-hydrogen) atoms. The smallest absolute Gasteiger partial charge is 0.194 e. The van der Waals surface area contributed by atoms with Crippen molar-refractivity contribution >= 4 is 5.96 Å². The zero-order valence-corrected chi connectivity index (χ0v) is 17.3. The fourth-order valence-corrected chi connectivity index (χ4v) is 3.69. The summed E-state index contributed by atoms with van der Waals surface area (Å²) in [6, 6.07) is 12.0. The van der Waals surface area contributed by atoms with Gasteiger partial charge in [0.2, 0.25) is 0 Å². The highest BCUT2D eigenvalue weighted by molar-refractivity contribution is 5.80. The van der Waals surface area contributed by atoms with E-state index in [1.807, 2.05) is 24.3 Å². The fourth-order valence-electron chi connectivity index (χ4n) is 3.69. The second-order valence-corrected chi connectivity index (χ2v) is 7.38. The summed E-state index contributed by atoms with van der Waals surface area (Å²) in [5, 5.41) is 10.5. The highest BCUT2D eigenvalue weighted by Gasteiger charge is 2.24. The zero-order chi connectivity index (χ0) is 20.6. The minimum absolute atomic E-state index is 0.426. The third kappa shape index (κ3) is 5.20. The predicted molar refractivity (Wildman–Crippen MR) is 114 cm³/mol. The number of aromatic amines is 1. The van der Waals surface area contributed by atoms with E-state index >= 15 is 0 Å². The number of piperidine rings is 1. The van der Waals surface area contributed by atoms with Crippen LogP contribution in [-0.2, 0) is 13.0 Å². The molecule has 3 aromatic rings. The van der Waals surface area contributed by atoms with Crippen LogP contribution < -0.4 is 10.1 Å².